The lowest BCUT2D eigenvalue weighted by Crippen LogP contribution is -2.10. The highest BCUT2D eigenvalue weighted by Crippen LogP contribution is 2.28. The van der Waals surface area contributed by atoms with Crippen LogP contribution in [0.3, 0.4) is 0 Å². The van der Waals surface area contributed by atoms with E-state index in [1.165, 1.54) is 18.2 Å². The standard InChI is InChI=1S/C17H15F5O/c1-11-3-5-13(14(18)9-11)12-4-6-16(15(19)10-12)23-8-2-7-17(20,21)22/h3-6,9-10H,2,7-8H2,1H3. The molecular formula is C17H15F5O. The van der Waals surface area contributed by atoms with Gasteiger partial charge in [-0.25, -0.2) is 8.78 Å². The molecule has 23 heavy (non-hydrogen) atoms. The Morgan fingerprint density at radius 3 is 2.30 bits per heavy atom. The number of rotatable bonds is 5. The summed E-state index contributed by atoms with van der Waals surface area (Å²) < 4.78 is 68.8. The SMILES string of the molecule is Cc1ccc(-c2ccc(OCCCC(F)(F)F)c(F)c2)c(F)c1. The van der Waals surface area contributed by atoms with Crippen molar-refractivity contribution in [2.75, 3.05) is 6.61 Å². The fourth-order valence-corrected chi connectivity index (χ4v) is 2.09. The van der Waals surface area contributed by atoms with E-state index in [1.54, 1.807) is 19.1 Å². The molecule has 2 aromatic carbocycles. The third kappa shape index (κ3) is 4.94. The minimum Gasteiger partial charge on any atom is -0.491 e. The Balaban J connectivity index is 2.06. The lowest BCUT2D eigenvalue weighted by Gasteiger charge is -2.10. The highest BCUT2D eigenvalue weighted by molar-refractivity contribution is 5.65. The molecule has 0 atom stereocenters. The quantitative estimate of drug-likeness (QED) is 0.507. The van der Waals surface area contributed by atoms with Gasteiger partial charge in [0.15, 0.2) is 11.6 Å². The molecule has 0 spiro atoms. The van der Waals surface area contributed by atoms with Crippen LogP contribution in [-0.2, 0) is 0 Å². The maximum absolute atomic E-state index is 13.9. The zero-order valence-electron chi connectivity index (χ0n) is 12.4. The number of hydrogen-bond donors (Lipinski definition) is 0. The van der Waals surface area contributed by atoms with Crippen LogP contribution in [0.4, 0.5) is 22.0 Å². The maximum Gasteiger partial charge on any atom is 0.389 e. The third-order valence-electron chi connectivity index (χ3n) is 3.23. The first kappa shape index (κ1) is 17.2. The molecule has 2 aromatic rings. The molecule has 0 aliphatic rings. The zero-order valence-corrected chi connectivity index (χ0v) is 12.4. The number of halogens is 5. The summed E-state index contributed by atoms with van der Waals surface area (Å²) in [4.78, 5) is 0. The second-order valence-electron chi connectivity index (χ2n) is 5.20. The molecule has 0 N–H and O–H groups in total. The van der Waals surface area contributed by atoms with Gasteiger partial charge in [-0.2, -0.15) is 13.2 Å². The first-order chi connectivity index (χ1) is 10.8. The van der Waals surface area contributed by atoms with E-state index < -0.39 is 24.2 Å². The van der Waals surface area contributed by atoms with Crippen LogP contribution >= 0.6 is 0 Å². The van der Waals surface area contributed by atoms with Crippen molar-refractivity contribution in [3.8, 4) is 16.9 Å². The first-order valence-corrected chi connectivity index (χ1v) is 7.02. The summed E-state index contributed by atoms with van der Waals surface area (Å²) in [6.07, 6.45) is -5.49. The zero-order chi connectivity index (χ0) is 17.0. The Kier molecular flexibility index (Phi) is 5.23. The van der Waals surface area contributed by atoms with Crippen molar-refractivity contribution in [2.45, 2.75) is 25.9 Å². The van der Waals surface area contributed by atoms with Crippen molar-refractivity contribution in [1.82, 2.24) is 0 Å². The summed E-state index contributed by atoms with van der Waals surface area (Å²) in [6.45, 7) is 1.50. The number of alkyl halides is 3. The summed E-state index contributed by atoms with van der Waals surface area (Å²) in [7, 11) is 0. The minimum atomic E-state index is -4.26. The van der Waals surface area contributed by atoms with Gasteiger partial charge in [-0.05, 0) is 42.7 Å². The molecule has 0 heterocycles. The van der Waals surface area contributed by atoms with Crippen molar-refractivity contribution in [3.05, 3.63) is 53.6 Å². The number of aryl methyl sites for hydroxylation is 1. The van der Waals surface area contributed by atoms with E-state index in [0.717, 1.165) is 11.6 Å². The van der Waals surface area contributed by atoms with Crippen molar-refractivity contribution in [2.24, 2.45) is 0 Å². The topological polar surface area (TPSA) is 9.23 Å². The molecule has 0 aliphatic heterocycles. The maximum atomic E-state index is 13.9. The summed E-state index contributed by atoms with van der Waals surface area (Å²) in [5.41, 5.74) is 1.33. The van der Waals surface area contributed by atoms with Crippen LogP contribution in [0.25, 0.3) is 11.1 Å². The van der Waals surface area contributed by atoms with Gasteiger partial charge < -0.3 is 4.74 Å². The average molecular weight is 330 g/mol. The van der Waals surface area contributed by atoms with Crippen LogP contribution in [0.5, 0.6) is 5.75 Å². The van der Waals surface area contributed by atoms with E-state index in [9.17, 15) is 22.0 Å². The Labute approximate surface area is 130 Å². The highest BCUT2D eigenvalue weighted by Gasteiger charge is 2.26. The fraction of sp³-hybridized carbons (Fsp3) is 0.294. The molecule has 6 heteroatoms. The van der Waals surface area contributed by atoms with Crippen molar-refractivity contribution in [3.63, 3.8) is 0 Å². The molecule has 0 aliphatic carbocycles. The molecule has 0 saturated heterocycles. The van der Waals surface area contributed by atoms with Gasteiger partial charge >= 0.3 is 6.18 Å². The van der Waals surface area contributed by atoms with E-state index in [4.69, 9.17) is 4.74 Å². The van der Waals surface area contributed by atoms with E-state index in [2.05, 4.69) is 0 Å². The first-order valence-electron chi connectivity index (χ1n) is 7.02. The Morgan fingerprint density at radius 1 is 0.957 bits per heavy atom. The Morgan fingerprint density at radius 2 is 1.70 bits per heavy atom. The molecule has 2 rings (SSSR count). The van der Waals surface area contributed by atoms with Gasteiger partial charge in [-0.3, -0.25) is 0 Å². The third-order valence-corrected chi connectivity index (χ3v) is 3.23. The lowest BCUT2D eigenvalue weighted by atomic mass is 10.0. The number of hydrogen-bond acceptors (Lipinski definition) is 1. The molecule has 0 radical (unpaired) electrons. The molecule has 0 bridgehead atoms. The summed E-state index contributed by atoms with van der Waals surface area (Å²) >= 11 is 0. The van der Waals surface area contributed by atoms with Crippen LogP contribution < -0.4 is 4.74 Å². The van der Waals surface area contributed by atoms with Crippen molar-refractivity contribution in [1.29, 1.82) is 0 Å². The largest absolute Gasteiger partial charge is 0.491 e. The van der Waals surface area contributed by atoms with Gasteiger partial charge in [0.1, 0.15) is 5.82 Å². The van der Waals surface area contributed by atoms with Crippen LogP contribution in [-0.4, -0.2) is 12.8 Å². The monoisotopic (exact) mass is 330 g/mol. The van der Waals surface area contributed by atoms with Gasteiger partial charge in [-0.1, -0.05) is 18.2 Å². The Bertz CT molecular complexity index is 679. The Hall–Kier alpha value is -2.11. The number of ether oxygens (including phenoxy) is 1. The predicted molar refractivity (Wildman–Crippen MR) is 77.3 cm³/mol. The molecular weight excluding hydrogens is 315 g/mol. The second kappa shape index (κ2) is 6.98. The molecule has 124 valence electrons. The highest BCUT2D eigenvalue weighted by atomic mass is 19.4. The van der Waals surface area contributed by atoms with Crippen LogP contribution in [0.1, 0.15) is 18.4 Å². The lowest BCUT2D eigenvalue weighted by molar-refractivity contribution is -0.136. The summed E-state index contributed by atoms with van der Waals surface area (Å²) in [6, 6.07) is 8.45. The van der Waals surface area contributed by atoms with E-state index in [-0.39, 0.29) is 24.3 Å². The van der Waals surface area contributed by atoms with Gasteiger partial charge in [0.2, 0.25) is 0 Å². The van der Waals surface area contributed by atoms with Gasteiger partial charge in [-0.15, -0.1) is 0 Å². The molecule has 0 fully saturated rings. The van der Waals surface area contributed by atoms with Crippen LogP contribution in [0, 0.1) is 18.6 Å². The van der Waals surface area contributed by atoms with Crippen LogP contribution in [0.15, 0.2) is 36.4 Å². The van der Waals surface area contributed by atoms with E-state index in [1.807, 2.05) is 0 Å². The normalized spacial score (nSPS) is 11.6. The van der Waals surface area contributed by atoms with Gasteiger partial charge in [0, 0.05) is 12.0 Å². The molecule has 0 unspecified atom stereocenters. The summed E-state index contributed by atoms with van der Waals surface area (Å²) in [5, 5.41) is 0. The van der Waals surface area contributed by atoms with Crippen molar-refractivity contribution >= 4 is 0 Å². The second-order valence-corrected chi connectivity index (χ2v) is 5.20. The van der Waals surface area contributed by atoms with Gasteiger partial charge in [0.25, 0.3) is 0 Å². The van der Waals surface area contributed by atoms with E-state index >= 15 is 0 Å². The fourth-order valence-electron chi connectivity index (χ4n) is 2.09. The van der Waals surface area contributed by atoms with Gasteiger partial charge in [0.05, 0.1) is 6.61 Å². The van der Waals surface area contributed by atoms with E-state index in [0.29, 0.717) is 5.56 Å². The van der Waals surface area contributed by atoms with Crippen LogP contribution in [0.2, 0.25) is 0 Å². The average Bonchev–Trinajstić information content (AvgIpc) is 2.44. The predicted octanol–water partition coefficient (Wildman–Crippen LogP) is 5.66. The smallest absolute Gasteiger partial charge is 0.389 e. The molecule has 0 aromatic heterocycles. The van der Waals surface area contributed by atoms with Crippen molar-refractivity contribution < 1.29 is 26.7 Å². The molecule has 0 amide bonds. The molecule has 0 saturated carbocycles. The minimum absolute atomic E-state index is 0.150. The number of benzene rings is 2. The summed E-state index contributed by atoms with van der Waals surface area (Å²) in [5.74, 6) is -1.36. The molecule has 1 nitrogen and oxygen atoms in total.